The molecule has 0 aliphatic carbocycles. The lowest BCUT2D eigenvalue weighted by Crippen LogP contribution is -2.49. The van der Waals surface area contributed by atoms with Gasteiger partial charge in [-0.2, -0.15) is 0 Å². The van der Waals surface area contributed by atoms with Crippen molar-refractivity contribution in [2.75, 3.05) is 11.9 Å². The van der Waals surface area contributed by atoms with Crippen LogP contribution in [-0.4, -0.2) is 30.0 Å². The van der Waals surface area contributed by atoms with Crippen LogP contribution < -0.4 is 20.7 Å². The fourth-order valence-corrected chi connectivity index (χ4v) is 2.39. The zero-order chi connectivity index (χ0) is 17.2. The fraction of sp³-hybridized carbons (Fsp3) is 0.529. The second kappa shape index (κ2) is 6.58. The molecule has 2 rings (SSSR count). The fourth-order valence-electron chi connectivity index (χ4n) is 2.39. The van der Waals surface area contributed by atoms with Crippen LogP contribution in [0.3, 0.4) is 0 Å². The Morgan fingerprint density at radius 2 is 2.00 bits per heavy atom. The van der Waals surface area contributed by atoms with E-state index in [4.69, 9.17) is 4.74 Å². The standard InChI is InChI=1S/C17H25N3O3/c1-10(18-11(2)16(22)20-17(3,4)5)12-6-7-14-13(8-12)19-15(21)9-23-14/h6-8,10-11,18H,9H2,1-5H3,(H,19,21)(H,20,22)/t10-,11+/m1/s1. The lowest BCUT2D eigenvalue weighted by Gasteiger charge is -2.26. The molecule has 0 aromatic heterocycles. The van der Waals surface area contributed by atoms with Crippen LogP contribution in [0, 0.1) is 0 Å². The van der Waals surface area contributed by atoms with Gasteiger partial charge in [0, 0.05) is 11.6 Å². The van der Waals surface area contributed by atoms with E-state index in [-0.39, 0.29) is 36.0 Å². The molecular weight excluding hydrogens is 294 g/mol. The Bertz CT molecular complexity index is 608. The summed E-state index contributed by atoms with van der Waals surface area (Å²) in [6.07, 6.45) is 0. The van der Waals surface area contributed by atoms with E-state index in [1.165, 1.54) is 0 Å². The van der Waals surface area contributed by atoms with Gasteiger partial charge in [-0.15, -0.1) is 0 Å². The molecule has 1 heterocycles. The minimum Gasteiger partial charge on any atom is -0.482 e. The lowest BCUT2D eigenvalue weighted by molar-refractivity contribution is -0.124. The SMILES string of the molecule is C[C@H](N[C@H](C)c1ccc2c(c1)NC(=O)CO2)C(=O)NC(C)(C)C. The number of rotatable bonds is 4. The van der Waals surface area contributed by atoms with Crippen molar-refractivity contribution in [3.8, 4) is 5.75 Å². The molecule has 1 aliphatic heterocycles. The third kappa shape index (κ3) is 4.69. The Hall–Kier alpha value is -2.08. The van der Waals surface area contributed by atoms with Gasteiger partial charge in [0.2, 0.25) is 5.91 Å². The molecule has 126 valence electrons. The van der Waals surface area contributed by atoms with Crippen molar-refractivity contribution in [1.29, 1.82) is 0 Å². The predicted octanol–water partition coefficient (Wildman–Crippen LogP) is 1.97. The number of hydrogen-bond donors (Lipinski definition) is 3. The van der Waals surface area contributed by atoms with Gasteiger partial charge in [0.05, 0.1) is 11.7 Å². The number of ether oxygens (including phenoxy) is 1. The van der Waals surface area contributed by atoms with E-state index >= 15 is 0 Å². The predicted molar refractivity (Wildman–Crippen MR) is 89.5 cm³/mol. The molecule has 0 fully saturated rings. The number of carbonyl (C=O) groups is 2. The molecule has 1 aromatic rings. The zero-order valence-corrected chi connectivity index (χ0v) is 14.3. The van der Waals surface area contributed by atoms with Crippen LogP contribution >= 0.6 is 0 Å². The summed E-state index contributed by atoms with van der Waals surface area (Å²) in [5.41, 5.74) is 1.38. The topological polar surface area (TPSA) is 79.5 Å². The highest BCUT2D eigenvalue weighted by Gasteiger charge is 2.22. The second-order valence-electron chi connectivity index (χ2n) is 6.94. The van der Waals surface area contributed by atoms with Crippen LogP contribution in [0.4, 0.5) is 5.69 Å². The smallest absolute Gasteiger partial charge is 0.262 e. The number of amides is 2. The lowest BCUT2D eigenvalue weighted by atomic mass is 10.0. The molecule has 23 heavy (non-hydrogen) atoms. The summed E-state index contributed by atoms with van der Waals surface area (Å²) in [4.78, 5) is 23.6. The van der Waals surface area contributed by atoms with E-state index in [9.17, 15) is 9.59 Å². The van der Waals surface area contributed by atoms with E-state index in [0.29, 0.717) is 11.4 Å². The monoisotopic (exact) mass is 319 g/mol. The van der Waals surface area contributed by atoms with E-state index in [1.54, 1.807) is 0 Å². The van der Waals surface area contributed by atoms with Crippen molar-refractivity contribution in [3.05, 3.63) is 23.8 Å². The summed E-state index contributed by atoms with van der Waals surface area (Å²) in [6, 6.07) is 5.27. The molecule has 6 heteroatoms. The summed E-state index contributed by atoms with van der Waals surface area (Å²) in [7, 11) is 0. The molecule has 0 unspecified atom stereocenters. The van der Waals surface area contributed by atoms with Gasteiger partial charge in [-0.1, -0.05) is 6.07 Å². The van der Waals surface area contributed by atoms with Crippen LogP contribution in [-0.2, 0) is 9.59 Å². The zero-order valence-electron chi connectivity index (χ0n) is 14.3. The van der Waals surface area contributed by atoms with Gasteiger partial charge in [-0.05, 0) is 52.3 Å². The first-order valence-corrected chi connectivity index (χ1v) is 7.80. The third-order valence-electron chi connectivity index (χ3n) is 3.53. The van der Waals surface area contributed by atoms with Gasteiger partial charge >= 0.3 is 0 Å². The van der Waals surface area contributed by atoms with Crippen LogP contribution in [0.1, 0.15) is 46.2 Å². The normalized spacial score (nSPS) is 16.7. The van der Waals surface area contributed by atoms with E-state index in [2.05, 4.69) is 16.0 Å². The number of carbonyl (C=O) groups excluding carboxylic acids is 2. The Kier molecular flexibility index (Phi) is 4.94. The Morgan fingerprint density at radius 1 is 1.30 bits per heavy atom. The molecular formula is C17H25N3O3. The van der Waals surface area contributed by atoms with Gasteiger partial charge in [0.1, 0.15) is 5.75 Å². The van der Waals surface area contributed by atoms with E-state index in [1.807, 2.05) is 52.8 Å². The number of fused-ring (bicyclic) bond motifs is 1. The molecule has 0 bridgehead atoms. The largest absolute Gasteiger partial charge is 0.482 e. The van der Waals surface area contributed by atoms with Crippen molar-refractivity contribution in [3.63, 3.8) is 0 Å². The highest BCUT2D eigenvalue weighted by atomic mass is 16.5. The van der Waals surface area contributed by atoms with Crippen molar-refractivity contribution in [1.82, 2.24) is 10.6 Å². The molecule has 6 nitrogen and oxygen atoms in total. The molecule has 0 saturated carbocycles. The third-order valence-corrected chi connectivity index (χ3v) is 3.53. The first-order chi connectivity index (χ1) is 10.7. The average molecular weight is 319 g/mol. The minimum atomic E-state index is -0.328. The highest BCUT2D eigenvalue weighted by molar-refractivity contribution is 5.95. The van der Waals surface area contributed by atoms with Crippen LogP contribution in [0.25, 0.3) is 0 Å². The number of nitrogens with one attached hydrogen (secondary N) is 3. The molecule has 2 atom stereocenters. The minimum absolute atomic E-state index is 0.0418. The van der Waals surface area contributed by atoms with Crippen LogP contribution in [0.2, 0.25) is 0 Å². The summed E-state index contributed by atoms with van der Waals surface area (Å²) >= 11 is 0. The van der Waals surface area contributed by atoms with Crippen LogP contribution in [0.5, 0.6) is 5.75 Å². The molecule has 0 saturated heterocycles. The molecule has 2 amide bonds. The van der Waals surface area contributed by atoms with E-state index < -0.39 is 0 Å². The maximum Gasteiger partial charge on any atom is 0.262 e. The van der Waals surface area contributed by atoms with E-state index in [0.717, 1.165) is 5.56 Å². The molecule has 1 aliphatic rings. The molecule has 0 spiro atoms. The van der Waals surface area contributed by atoms with Crippen molar-refractivity contribution < 1.29 is 14.3 Å². The molecule has 0 radical (unpaired) electrons. The van der Waals surface area contributed by atoms with Crippen molar-refractivity contribution >= 4 is 17.5 Å². The first kappa shape index (κ1) is 17.3. The van der Waals surface area contributed by atoms with Gasteiger partial charge in [-0.3, -0.25) is 14.9 Å². The number of anilines is 1. The highest BCUT2D eigenvalue weighted by Crippen LogP contribution is 2.30. The Morgan fingerprint density at radius 3 is 2.65 bits per heavy atom. The van der Waals surface area contributed by atoms with Gasteiger partial charge < -0.3 is 15.4 Å². The maximum atomic E-state index is 12.2. The summed E-state index contributed by atoms with van der Waals surface area (Å²) in [5, 5.41) is 9.02. The number of hydrogen-bond acceptors (Lipinski definition) is 4. The van der Waals surface area contributed by atoms with Crippen molar-refractivity contribution in [2.24, 2.45) is 0 Å². The first-order valence-electron chi connectivity index (χ1n) is 7.80. The maximum absolute atomic E-state index is 12.2. The summed E-state index contributed by atoms with van der Waals surface area (Å²) < 4.78 is 5.35. The molecule has 3 N–H and O–H groups in total. The van der Waals surface area contributed by atoms with Gasteiger partial charge in [0.25, 0.3) is 5.91 Å². The summed E-state index contributed by atoms with van der Waals surface area (Å²) in [6.45, 7) is 9.72. The number of benzene rings is 1. The second-order valence-corrected chi connectivity index (χ2v) is 6.94. The average Bonchev–Trinajstić information content (AvgIpc) is 2.44. The molecule has 1 aromatic carbocycles. The quantitative estimate of drug-likeness (QED) is 0.793. The Labute approximate surface area is 137 Å². The Balaban J connectivity index is 2.03. The van der Waals surface area contributed by atoms with Crippen LogP contribution in [0.15, 0.2) is 18.2 Å². The van der Waals surface area contributed by atoms with Gasteiger partial charge in [-0.25, -0.2) is 0 Å². The van der Waals surface area contributed by atoms with Crippen molar-refractivity contribution in [2.45, 2.75) is 52.2 Å². The summed E-state index contributed by atoms with van der Waals surface area (Å²) in [5.74, 6) is 0.464. The van der Waals surface area contributed by atoms with Gasteiger partial charge in [0.15, 0.2) is 6.61 Å².